The summed E-state index contributed by atoms with van der Waals surface area (Å²) in [6.07, 6.45) is 0. The maximum Gasteiger partial charge on any atom is 0.244 e. The lowest BCUT2D eigenvalue weighted by Crippen LogP contribution is -2.24. The monoisotopic (exact) mass is 315 g/mol. The molecule has 0 fully saturated rings. The van der Waals surface area contributed by atoms with Gasteiger partial charge in [0.1, 0.15) is 4.90 Å². The van der Waals surface area contributed by atoms with Crippen LogP contribution in [0.25, 0.3) is 0 Å². The predicted molar refractivity (Wildman–Crippen MR) is 60.0 cm³/mol. The Morgan fingerprint density at radius 2 is 2.13 bits per heavy atom. The minimum atomic E-state index is -3.85. The molecule has 0 spiro atoms. The molecule has 84 valence electrons. The average Bonchev–Trinajstić information content (AvgIpc) is 2.11. The van der Waals surface area contributed by atoms with E-state index in [1.807, 2.05) is 0 Å². The lowest BCUT2D eigenvalue weighted by Gasteiger charge is -2.08. The Morgan fingerprint density at radius 1 is 1.53 bits per heavy atom. The number of benzene rings is 1. The molecule has 0 radical (unpaired) electrons. The first kappa shape index (κ1) is 12.9. The zero-order chi connectivity index (χ0) is 11.6. The van der Waals surface area contributed by atoms with Gasteiger partial charge in [0.05, 0.1) is 5.02 Å². The standard InChI is InChI=1S/C8H8BrClFNO2S/c1-2-12-15(13,14)8-5(9)3-4-6(10)7(8)11/h3-4,12H,2H2,1H3. The number of hydrogen-bond donors (Lipinski definition) is 1. The molecule has 0 atom stereocenters. The Morgan fingerprint density at radius 3 is 2.67 bits per heavy atom. The highest BCUT2D eigenvalue weighted by atomic mass is 79.9. The summed E-state index contributed by atoms with van der Waals surface area (Å²) in [5.41, 5.74) is 0. The van der Waals surface area contributed by atoms with Gasteiger partial charge in [-0.05, 0) is 28.1 Å². The van der Waals surface area contributed by atoms with Crippen molar-refractivity contribution < 1.29 is 12.8 Å². The highest BCUT2D eigenvalue weighted by Gasteiger charge is 2.23. The summed E-state index contributed by atoms with van der Waals surface area (Å²) >= 11 is 8.47. The van der Waals surface area contributed by atoms with Crippen LogP contribution in [0.3, 0.4) is 0 Å². The second kappa shape index (κ2) is 4.78. The topological polar surface area (TPSA) is 46.2 Å². The van der Waals surface area contributed by atoms with E-state index in [4.69, 9.17) is 11.6 Å². The number of halogens is 3. The largest absolute Gasteiger partial charge is 0.244 e. The second-order valence-electron chi connectivity index (χ2n) is 2.67. The molecule has 0 amide bonds. The zero-order valence-corrected chi connectivity index (χ0v) is 10.9. The van der Waals surface area contributed by atoms with Crippen molar-refractivity contribution >= 4 is 37.6 Å². The van der Waals surface area contributed by atoms with Crippen molar-refractivity contribution in [2.75, 3.05) is 6.54 Å². The fourth-order valence-corrected chi connectivity index (χ4v) is 3.37. The normalized spacial score (nSPS) is 11.7. The van der Waals surface area contributed by atoms with E-state index in [9.17, 15) is 12.8 Å². The van der Waals surface area contributed by atoms with Crippen molar-refractivity contribution in [2.45, 2.75) is 11.8 Å². The van der Waals surface area contributed by atoms with Gasteiger partial charge in [0.25, 0.3) is 0 Å². The molecule has 0 aliphatic carbocycles. The van der Waals surface area contributed by atoms with Crippen LogP contribution in [0.2, 0.25) is 5.02 Å². The number of sulfonamides is 1. The van der Waals surface area contributed by atoms with Crippen LogP contribution in [0, 0.1) is 5.82 Å². The third-order valence-electron chi connectivity index (χ3n) is 1.61. The van der Waals surface area contributed by atoms with E-state index in [-0.39, 0.29) is 16.0 Å². The molecule has 1 N–H and O–H groups in total. The van der Waals surface area contributed by atoms with E-state index in [1.165, 1.54) is 12.1 Å². The van der Waals surface area contributed by atoms with Crippen molar-refractivity contribution in [3.05, 3.63) is 27.4 Å². The molecule has 1 aromatic carbocycles. The zero-order valence-electron chi connectivity index (χ0n) is 7.72. The number of hydrogen-bond acceptors (Lipinski definition) is 2. The van der Waals surface area contributed by atoms with Crippen molar-refractivity contribution in [3.63, 3.8) is 0 Å². The molecule has 1 rings (SSSR count). The fourth-order valence-electron chi connectivity index (χ4n) is 1.02. The van der Waals surface area contributed by atoms with Gasteiger partial charge >= 0.3 is 0 Å². The Balaban J connectivity index is 3.43. The van der Waals surface area contributed by atoms with E-state index in [0.717, 1.165) is 0 Å². The van der Waals surface area contributed by atoms with E-state index in [1.54, 1.807) is 6.92 Å². The first-order chi connectivity index (χ1) is 6.90. The fraction of sp³-hybridized carbons (Fsp3) is 0.250. The first-order valence-electron chi connectivity index (χ1n) is 4.03. The molecular weight excluding hydrogens is 309 g/mol. The number of nitrogens with one attached hydrogen (secondary N) is 1. The van der Waals surface area contributed by atoms with E-state index in [2.05, 4.69) is 20.7 Å². The molecule has 7 heteroatoms. The molecule has 0 aliphatic heterocycles. The van der Waals surface area contributed by atoms with Crippen LogP contribution in [0.4, 0.5) is 4.39 Å². The Bertz CT molecular complexity index is 478. The predicted octanol–water partition coefficient (Wildman–Crippen LogP) is 2.54. The minimum Gasteiger partial charge on any atom is -0.211 e. The van der Waals surface area contributed by atoms with Gasteiger partial charge in [-0.25, -0.2) is 17.5 Å². The average molecular weight is 317 g/mol. The maximum absolute atomic E-state index is 13.5. The van der Waals surface area contributed by atoms with Gasteiger partial charge in [-0.3, -0.25) is 0 Å². The van der Waals surface area contributed by atoms with Crippen LogP contribution >= 0.6 is 27.5 Å². The van der Waals surface area contributed by atoms with Gasteiger partial charge in [0.15, 0.2) is 5.82 Å². The smallest absolute Gasteiger partial charge is 0.211 e. The van der Waals surface area contributed by atoms with Gasteiger partial charge in [-0.1, -0.05) is 18.5 Å². The highest BCUT2D eigenvalue weighted by Crippen LogP contribution is 2.29. The van der Waals surface area contributed by atoms with E-state index < -0.39 is 20.7 Å². The van der Waals surface area contributed by atoms with Crippen molar-refractivity contribution in [2.24, 2.45) is 0 Å². The summed E-state index contributed by atoms with van der Waals surface area (Å²) in [5.74, 6) is -0.952. The third-order valence-corrected chi connectivity index (χ3v) is 4.43. The van der Waals surface area contributed by atoms with Gasteiger partial charge in [-0.2, -0.15) is 0 Å². The summed E-state index contributed by atoms with van der Waals surface area (Å²) in [7, 11) is -3.85. The van der Waals surface area contributed by atoms with E-state index in [0.29, 0.717) is 0 Å². The molecule has 15 heavy (non-hydrogen) atoms. The molecule has 0 aliphatic rings. The SMILES string of the molecule is CCNS(=O)(=O)c1c(Br)ccc(Cl)c1F. The summed E-state index contributed by atoms with van der Waals surface area (Å²) < 4.78 is 39.0. The third kappa shape index (κ3) is 2.69. The van der Waals surface area contributed by atoms with Crippen molar-refractivity contribution in [3.8, 4) is 0 Å². The lowest BCUT2D eigenvalue weighted by molar-refractivity contribution is 0.557. The molecule has 1 aromatic rings. The molecule has 0 unspecified atom stereocenters. The Hall–Kier alpha value is -0.170. The first-order valence-corrected chi connectivity index (χ1v) is 6.68. The van der Waals surface area contributed by atoms with Crippen LogP contribution in [0.1, 0.15) is 6.92 Å². The van der Waals surface area contributed by atoms with Gasteiger partial charge < -0.3 is 0 Å². The highest BCUT2D eigenvalue weighted by molar-refractivity contribution is 9.10. The molecule has 0 bridgehead atoms. The maximum atomic E-state index is 13.5. The molecule has 0 saturated heterocycles. The summed E-state index contributed by atoms with van der Waals surface area (Å²) in [4.78, 5) is -0.461. The van der Waals surface area contributed by atoms with E-state index >= 15 is 0 Å². The van der Waals surface area contributed by atoms with Crippen LogP contribution in [0.5, 0.6) is 0 Å². The Kier molecular flexibility index (Phi) is 4.11. The molecule has 0 heterocycles. The second-order valence-corrected chi connectivity index (χ2v) is 5.64. The van der Waals surface area contributed by atoms with Crippen LogP contribution < -0.4 is 4.72 Å². The van der Waals surface area contributed by atoms with Crippen molar-refractivity contribution in [1.29, 1.82) is 0 Å². The van der Waals surface area contributed by atoms with Crippen LogP contribution in [-0.4, -0.2) is 15.0 Å². The molecular formula is C8H8BrClFNO2S. The lowest BCUT2D eigenvalue weighted by atomic mass is 10.3. The summed E-state index contributed by atoms with van der Waals surface area (Å²) in [6, 6.07) is 2.67. The van der Waals surface area contributed by atoms with Crippen LogP contribution in [0.15, 0.2) is 21.5 Å². The van der Waals surface area contributed by atoms with Gasteiger partial charge in [0, 0.05) is 11.0 Å². The minimum absolute atomic E-state index is 0.144. The van der Waals surface area contributed by atoms with Gasteiger partial charge in [-0.15, -0.1) is 0 Å². The van der Waals surface area contributed by atoms with Crippen molar-refractivity contribution in [1.82, 2.24) is 4.72 Å². The summed E-state index contributed by atoms with van der Waals surface area (Å²) in [5, 5.41) is -0.227. The van der Waals surface area contributed by atoms with Gasteiger partial charge in [0.2, 0.25) is 10.0 Å². The quantitative estimate of drug-likeness (QED) is 0.871. The molecule has 3 nitrogen and oxygen atoms in total. The Labute approximate surface area is 101 Å². The molecule has 0 saturated carbocycles. The molecule has 0 aromatic heterocycles. The van der Waals surface area contributed by atoms with Crippen LogP contribution in [-0.2, 0) is 10.0 Å². The summed E-state index contributed by atoms with van der Waals surface area (Å²) in [6.45, 7) is 1.79. The number of rotatable bonds is 3.